The van der Waals surface area contributed by atoms with Gasteiger partial charge in [-0.15, -0.1) is 15.3 Å². The van der Waals surface area contributed by atoms with E-state index in [0.29, 0.717) is 10.9 Å². The second kappa shape index (κ2) is 17.2. The van der Waals surface area contributed by atoms with Gasteiger partial charge in [0.2, 0.25) is 23.5 Å². The third-order valence-corrected chi connectivity index (χ3v) is 8.55. The third kappa shape index (κ3) is 9.63. The molecule has 1 N–H and O–H groups in total. The van der Waals surface area contributed by atoms with E-state index in [1.165, 1.54) is 6.20 Å². The predicted molar refractivity (Wildman–Crippen MR) is 190 cm³/mol. The molecule has 0 saturated heterocycles. The minimum atomic E-state index is -1.84. The number of carbonyl (C=O) groups is 6. The van der Waals surface area contributed by atoms with Crippen LogP contribution in [0.1, 0.15) is 41.5 Å². The fourth-order valence-corrected chi connectivity index (χ4v) is 6.29. The van der Waals surface area contributed by atoms with Crippen LogP contribution in [0, 0.1) is 0 Å². The lowest BCUT2D eigenvalue weighted by Gasteiger charge is -2.37. The van der Waals surface area contributed by atoms with E-state index in [9.17, 15) is 33.6 Å². The number of aromatic amines is 1. The van der Waals surface area contributed by atoms with Crippen molar-refractivity contribution in [1.29, 1.82) is 0 Å². The molecule has 0 spiro atoms. The SMILES string of the molecule is CC(=O)OC[C@@H](OC(C)=O)[C@H](OC(C)=O)[C@H](OC(C)=O)[C@@H](OC(C)=O)C1OC(CSc2nnc(-c3c[nH]c4c(ccc5ccccc54)c3=O)o2)=NN1C(C)=O. The summed E-state index contributed by atoms with van der Waals surface area (Å²) in [5.74, 6) is -5.61. The zero-order chi connectivity index (χ0) is 40.0. The zero-order valence-corrected chi connectivity index (χ0v) is 31.1. The number of nitrogens with one attached hydrogen (secondary N) is 1. The summed E-state index contributed by atoms with van der Waals surface area (Å²) in [6, 6.07) is 11.1. The van der Waals surface area contributed by atoms with Gasteiger partial charge in [0.15, 0.2) is 24.4 Å². The Morgan fingerprint density at radius 3 is 2.15 bits per heavy atom. The Labute approximate surface area is 315 Å². The first-order chi connectivity index (χ1) is 26.1. The number of aromatic nitrogens is 3. The molecule has 5 atom stereocenters. The van der Waals surface area contributed by atoms with E-state index >= 15 is 0 Å². The topological polar surface area (TPSA) is 245 Å². The van der Waals surface area contributed by atoms with Crippen molar-refractivity contribution in [3.8, 4) is 11.5 Å². The number of amides is 1. The van der Waals surface area contributed by atoms with Crippen molar-refractivity contribution < 1.29 is 61.6 Å². The Kier molecular flexibility index (Phi) is 12.5. The molecule has 1 aliphatic heterocycles. The summed E-state index contributed by atoms with van der Waals surface area (Å²) in [6.45, 7) is 5.57. The molecule has 2 aromatic heterocycles. The number of hydrazone groups is 1. The number of carbonyl (C=O) groups excluding carboxylic acids is 6. The van der Waals surface area contributed by atoms with Gasteiger partial charge in [-0.2, -0.15) is 5.01 Å². The number of benzene rings is 2. The summed E-state index contributed by atoms with van der Waals surface area (Å²) in [7, 11) is 0. The highest BCUT2D eigenvalue weighted by Crippen LogP contribution is 2.30. The van der Waals surface area contributed by atoms with Crippen LogP contribution in [0.2, 0.25) is 0 Å². The van der Waals surface area contributed by atoms with Crippen LogP contribution in [0.3, 0.4) is 0 Å². The average Bonchev–Trinajstić information content (AvgIpc) is 3.77. The highest BCUT2D eigenvalue weighted by atomic mass is 32.2. The minimum absolute atomic E-state index is 0.00363. The lowest BCUT2D eigenvalue weighted by molar-refractivity contribution is -0.216. The van der Waals surface area contributed by atoms with Crippen LogP contribution in [-0.4, -0.2) is 105 Å². The summed E-state index contributed by atoms with van der Waals surface area (Å²) < 4.78 is 38.5. The highest BCUT2D eigenvalue weighted by Gasteiger charge is 2.52. The molecule has 0 fully saturated rings. The molecule has 2 aromatic carbocycles. The van der Waals surface area contributed by atoms with Crippen LogP contribution in [-0.2, 0) is 57.2 Å². The van der Waals surface area contributed by atoms with E-state index in [1.807, 2.05) is 30.3 Å². The largest absolute Gasteiger partial charge is 0.462 e. The van der Waals surface area contributed by atoms with Gasteiger partial charge in [0.25, 0.3) is 11.1 Å². The summed E-state index contributed by atoms with van der Waals surface area (Å²) in [5.41, 5.74) is 0.441. The first-order valence-electron chi connectivity index (χ1n) is 16.5. The van der Waals surface area contributed by atoms with Crippen LogP contribution in [0.5, 0.6) is 0 Å². The maximum absolute atomic E-state index is 13.4. The van der Waals surface area contributed by atoms with Crippen LogP contribution in [0.15, 0.2) is 62.1 Å². The van der Waals surface area contributed by atoms with Gasteiger partial charge in [-0.3, -0.25) is 33.6 Å². The standard InChI is InChI=1S/C35H35N5O14S/c1-16(41)40-34(32(52-21(6)46)31(51-20(5)45)30(50-19(4)44)26(49-18(3)43)14-48-17(2)42)53-27(39-40)15-55-35-38-37-33(54-35)25-13-36-28-23-10-8-7-9-22(23)11-12-24(28)29(25)47/h7-13,26,30-32,34H,14-15H2,1-6H3,(H,36,47)/t26-,30+,31+,32-,34?/m1/s1. The Bertz CT molecular complexity index is 2240. The second-order valence-corrected chi connectivity index (χ2v) is 12.9. The number of thioether (sulfide) groups is 1. The molecule has 0 saturated carbocycles. The molecule has 5 rings (SSSR count). The number of hydrogen-bond donors (Lipinski definition) is 1. The lowest BCUT2D eigenvalue weighted by Crippen LogP contribution is -2.59. The molecular formula is C35H35N5O14S. The molecule has 1 unspecified atom stereocenters. The van der Waals surface area contributed by atoms with Crippen molar-refractivity contribution in [2.24, 2.45) is 5.10 Å². The molecular weight excluding hydrogens is 746 g/mol. The van der Waals surface area contributed by atoms with Crippen LogP contribution in [0.25, 0.3) is 33.1 Å². The molecule has 1 aliphatic rings. The van der Waals surface area contributed by atoms with Crippen molar-refractivity contribution >= 4 is 75.1 Å². The summed E-state index contributed by atoms with van der Waals surface area (Å²) in [6.07, 6.45) is -7.17. The summed E-state index contributed by atoms with van der Waals surface area (Å²) in [4.78, 5) is 90.4. The number of nitrogens with zero attached hydrogens (tertiary/aromatic N) is 4. The second-order valence-electron chi connectivity index (χ2n) is 11.9. The van der Waals surface area contributed by atoms with E-state index in [1.54, 1.807) is 6.07 Å². The maximum atomic E-state index is 13.4. The number of H-pyrrole nitrogens is 1. The van der Waals surface area contributed by atoms with Gasteiger partial charge in [-0.1, -0.05) is 42.1 Å². The van der Waals surface area contributed by atoms with Gasteiger partial charge >= 0.3 is 29.8 Å². The van der Waals surface area contributed by atoms with Crippen LogP contribution in [0.4, 0.5) is 0 Å². The van der Waals surface area contributed by atoms with Crippen LogP contribution < -0.4 is 5.43 Å². The van der Waals surface area contributed by atoms with Gasteiger partial charge in [-0.05, 0) is 11.5 Å². The van der Waals surface area contributed by atoms with Crippen molar-refractivity contribution in [2.45, 2.75) is 77.4 Å². The number of esters is 5. The summed E-state index contributed by atoms with van der Waals surface area (Å²) >= 11 is 0.926. The molecule has 290 valence electrons. The van der Waals surface area contributed by atoms with Crippen molar-refractivity contribution in [3.63, 3.8) is 0 Å². The molecule has 4 aromatic rings. The van der Waals surface area contributed by atoms with Gasteiger partial charge in [0, 0.05) is 58.5 Å². The van der Waals surface area contributed by atoms with Gasteiger partial charge in [0.1, 0.15) is 12.2 Å². The minimum Gasteiger partial charge on any atom is -0.462 e. The normalized spacial score (nSPS) is 15.9. The first kappa shape index (κ1) is 39.9. The van der Waals surface area contributed by atoms with Gasteiger partial charge in [0.05, 0.1) is 11.3 Å². The molecule has 19 nitrogen and oxygen atoms in total. The number of pyridine rings is 1. The van der Waals surface area contributed by atoms with E-state index in [0.717, 1.165) is 69.1 Å². The fourth-order valence-electron chi connectivity index (χ4n) is 5.69. The maximum Gasteiger partial charge on any atom is 0.303 e. The number of fused-ring (bicyclic) bond motifs is 3. The average molecular weight is 782 g/mol. The number of rotatable bonds is 14. The lowest BCUT2D eigenvalue weighted by atomic mass is 10.00. The summed E-state index contributed by atoms with van der Waals surface area (Å²) in [5, 5.41) is 15.3. The number of hydrogen-bond acceptors (Lipinski definition) is 18. The Hall–Kier alpha value is -6.31. The molecule has 0 radical (unpaired) electrons. The number of ether oxygens (including phenoxy) is 6. The van der Waals surface area contributed by atoms with E-state index < -0.39 is 73.0 Å². The molecule has 55 heavy (non-hydrogen) atoms. The third-order valence-electron chi connectivity index (χ3n) is 7.74. The zero-order valence-electron chi connectivity index (χ0n) is 30.3. The Morgan fingerprint density at radius 1 is 0.818 bits per heavy atom. The van der Waals surface area contributed by atoms with E-state index in [-0.39, 0.29) is 33.8 Å². The van der Waals surface area contributed by atoms with Crippen molar-refractivity contribution in [3.05, 3.63) is 52.8 Å². The fraction of sp³-hybridized carbons (Fsp3) is 0.371. The molecule has 3 heterocycles. The van der Waals surface area contributed by atoms with Gasteiger partial charge in [-0.25, -0.2) is 0 Å². The quantitative estimate of drug-likeness (QED) is 0.0836. The van der Waals surface area contributed by atoms with E-state index in [4.69, 9.17) is 32.8 Å². The van der Waals surface area contributed by atoms with Crippen molar-refractivity contribution in [1.82, 2.24) is 20.2 Å². The molecule has 20 heteroatoms. The van der Waals surface area contributed by atoms with Crippen molar-refractivity contribution in [2.75, 3.05) is 12.4 Å². The monoisotopic (exact) mass is 781 g/mol. The Balaban J connectivity index is 1.41. The molecule has 1 amide bonds. The molecule has 0 aliphatic carbocycles. The Morgan fingerprint density at radius 2 is 1.49 bits per heavy atom. The van der Waals surface area contributed by atoms with Gasteiger partial charge < -0.3 is 37.8 Å². The van der Waals surface area contributed by atoms with E-state index in [2.05, 4.69) is 20.3 Å². The highest BCUT2D eigenvalue weighted by molar-refractivity contribution is 7.99. The van der Waals surface area contributed by atoms with Crippen LogP contribution >= 0.6 is 11.8 Å². The molecule has 0 bridgehead atoms. The predicted octanol–water partition coefficient (Wildman–Crippen LogP) is 2.63. The smallest absolute Gasteiger partial charge is 0.303 e. The first-order valence-corrected chi connectivity index (χ1v) is 17.5.